The summed E-state index contributed by atoms with van der Waals surface area (Å²) in [5.74, 6) is -0.195. The Labute approximate surface area is 119 Å². The van der Waals surface area contributed by atoms with E-state index in [9.17, 15) is 14.7 Å². The summed E-state index contributed by atoms with van der Waals surface area (Å²) in [4.78, 5) is 26.1. The number of piperidine rings is 1. The van der Waals surface area contributed by atoms with Crippen LogP contribution in [0.1, 0.15) is 45.4 Å². The molecular formula is C15H24N2O3. The lowest BCUT2D eigenvalue weighted by Gasteiger charge is -2.44. The second kappa shape index (κ2) is 4.72. The van der Waals surface area contributed by atoms with Gasteiger partial charge in [-0.05, 0) is 57.3 Å². The van der Waals surface area contributed by atoms with Crippen LogP contribution in [-0.4, -0.2) is 40.0 Å². The quantitative estimate of drug-likeness (QED) is 0.796. The van der Waals surface area contributed by atoms with Crippen molar-refractivity contribution in [2.45, 2.75) is 57.0 Å². The van der Waals surface area contributed by atoms with E-state index in [0.717, 1.165) is 32.1 Å². The Morgan fingerprint density at radius 1 is 1.25 bits per heavy atom. The van der Waals surface area contributed by atoms with Crippen molar-refractivity contribution in [2.24, 2.45) is 23.5 Å². The fraction of sp³-hybridized carbons (Fsp3) is 0.867. The highest BCUT2D eigenvalue weighted by atomic mass is 16.4. The van der Waals surface area contributed by atoms with Crippen LogP contribution in [0.15, 0.2) is 0 Å². The number of carboxylic acid groups (broad SMARTS) is 1. The summed E-state index contributed by atoms with van der Waals surface area (Å²) in [5, 5.41) is 9.53. The Hall–Kier alpha value is -1.10. The van der Waals surface area contributed by atoms with Crippen LogP contribution in [0.25, 0.3) is 0 Å². The van der Waals surface area contributed by atoms with E-state index in [-0.39, 0.29) is 17.9 Å². The third-order valence-electron chi connectivity index (χ3n) is 5.88. The van der Waals surface area contributed by atoms with E-state index in [1.165, 1.54) is 0 Å². The second-order valence-corrected chi connectivity index (χ2v) is 6.96. The van der Waals surface area contributed by atoms with E-state index >= 15 is 0 Å². The van der Waals surface area contributed by atoms with Crippen LogP contribution in [0.4, 0.5) is 0 Å². The number of nitrogens with two attached hydrogens (primary N) is 1. The Morgan fingerprint density at radius 2 is 1.95 bits per heavy atom. The Morgan fingerprint density at radius 3 is 2.55 bits per heavy atom. The maximum atomic E-state index is 12.9. The fourth-order valence-electron chi connectivity index (χ4n) is 4.58. The lowest BCUT2D eigenvalue weighted by atomic mass is 9.81. The zero-order valence-electron chi connectivity index (χ0n) is 12.0. The summed E-state index contributed by atoms with van der Waals surface area (Å²) >= 11 is 0. The molecule has 112 valence electrons. The van der Waals surface area contributed by atoms with Crippen molar-refractivity contribution in [1.29, 1.82) is 0 Å². The number of fused-ring (bicyclic) bond motifs is 2. The smallest absolute Gasteiger partial charge is 0.329 e. The van der Waals surface area contributed by atoms with Crippen molar-refractivity contribution in [3.8, 4) is 0 Å². The predicted molar refractivity (Wildman–Crippen MR) is 73.9 cm³/mol. The van der Waals surface area contributed by atoms with Gasteiger partial charge in [0, 0.05) is 12.6 Å². The highest BCUT2D eigenvalue weighted by molar-refractivity contribution is 5.89. The highest BCUT2D eigenvalue weighted by Crippen LogP contribution is 2.49. The summed E-state index contributed by atoms with van der Waals surface area (Å²) in [7, 11) is 0. The van der Waals surface area contributed by atoms with Crippen molar-refractivity contribution < 1.29 is 14.7 Å². The lowest BCUT2D eigenvalue weighted by Crippen LogP contribution is -2.60. The van der Waals surface area contributed by atoms with Gasteiger partial charge in [0.05, 0.1) is 5.92 Å². The van der Waals surface area contributed by atoms with Crippen molar-refractivity contribution in [3.05, 3.63) is 0 Å². The van der Waals surface area contributed by atoms with Crippen LogP contribution in [0, 0.1) is 17.8 Å². The lowest BCUT2D eigenvalue weighted by molar-refractivity contribution is -0.163. The maximum absolute atomic E-state index is 12.9. The molecule has 0 aromatic carbocycles. The average molecular weight is 280 g/mol. The Kier molecular flexibility index (Phi) is 3.27. The average Bonchev–Trinajstić information content (AvgIpc) is 2.99. The van der Waals surface area contributed by atoms with Crippen molar-refractivity contribution >= 4 is 11.9 Å². The minimum Gasteiger partial charge on any atom is -0.480 e. The molecule has 1 saturated heterocycles. The van der Waals surface area contributed by atoms with Crippen LogP contribution in [0.5, 0.6) is 0 Å². The summed E-state index contributed by atoms with van der Waals surface area (Å²) in [6, 6.07) is -0.0683. The van der Waals surface area contributed by atoms with Gasteiger partial charge in [-0.3, -0.25) is 4.79 Å². The third-order valence-corrected chi connectivity index (χ3v) is 5.88. The first kappa shape index (κ1) is 13.9. The largest absolute Gasteiger partial charge is 0.480 e. The third kappa shape index (κ3) is 1.86. The van der Waals surface area contributed by atoms with Gasteiger partial charge in [0.1, 0.15) is 5.54 Å². The molecule has 3 aliphatic rings. The van der Waals surface area contributed by atoms with E-state index in [1.54, 1.807) is 11.8 Å². The number of carboxylic acids is 1. The molecule has 3 fully saturated rings. The van der Waals surface area contributed by atoms with Gasteiger partial charge in [-0.25, -0.2) is 4.79 Å². The molecule has 5 unspecified atom stereocenters. The van der Waals surface area contributed by atoms with Crippen LogP contribution in [0.2, 0.25) is 0 Å². The SMILES string of the molecule is CC1(C(=O)O)CCCCN1C(=O)C1C2CCC(C2)C1N. The molecule has 0 aromatic rings. The molecule has 3 N–H and O–H groups in total. The van der Waals surface area contributed by atoms with Crippen LogP contribution >= 0.6 is 0 Å². The van der Waals surface area contributed by atoms with E-state index in [0.29, 0.717) is 24.8 Å². The number of aliphatic carboxylic acids is 1. The van der Waals surface area contributed by atoms with Gasteiger partial charge in [0.25, 0.3) is 0 Å². The molecule has 0 spiro atoms. The molecule has 20 heavy (non-hydrogen) atoms. The van der Waals surface area contributed by atoms with Gasteiger partial charge in [-0.2, -0.15) is 0 Å². The molecule has 0 radical (unpaired) electrons. The number of rotatable bonds is 2. The van der Waals surface area contributed by atoms with E-state index < -0.39 is 11.5 Å². The van der Waals surface area contributed by atoms with Crippen molar-refractivity contribution in [1.82, 2.24) is 4.90 Å². The first-order valence-corrected chi connectivity index (χ1v) is 7.75. The Balaban J connectivity index is 1.84. The molecule has 2 aliphatic carbocycles. The van der Waals surface area contributed by atoms with Gasteiger partial charge in [0.15, 0.2) is 0 Å². The normalized spacial score (nSPS) is 43.8. The highest BCUT2D eigenvalue weighted by Gasteiger charge is 2.53. The maximum Gasteiger partial charge on any atom is 0.329 e. The van der Waals surface area contributed by atoms with Gasteiger partial charge in [-0.1, -0.05) is 0 Å². The van der Waals surface area contributed by atoms with Crippen molar-refractivity contribution in [2.75, 3.05) is 6.54 Å². The molecule has 1 aliphatic heterocycles. The molecule has 5 atom stereocenters. The minimum atomic E-state index is -1.04. The predicted octanol–water partition coefficient (Wildman–Crippen LogP) is 1.22. The minimum absolute atomic E-state index is 0.00528. The number of hydrogen-bond acceptors (Lipinski definition) is 3. The zero-order valence-corrected chi connectivity index (χ0v) is 12.0. The fourth-order valence-corrected chi connectivity index (χ4v) is 4.58. The first-order valence-electron chi connectivity index (χ1n) is 7.75. The molecule has 2 bridgehead atoms. The van der Waals surface area contributed by atoms with Gasteiger partial charge in [0.2, 0.25) is 5.91 Å². The van der Waals surface area contributed by atoms with Gasteiger partial charge < -0.3 is 15.7 Å². The molecule has 2 saturated carbocycles. The van der Waals surface area contributed by atoms with Crippen molar-refractivity contribution in [3.63, 3.8) is 0 Å². The number of amides is 1. The molecule has 5 nitrogen and oxygen atoms in total. The monoisotopic (exact) mass is 280 g/mol. The molecule has 1 heterocycles. The number of nitrogens with zero attached hydrogens (tertiary/aromatic N) is 1. The summed E-state index contributed by atoms with van der Waals surface area (Å²) in [5.41, 5.74) is 5.20. The van der Waals surface area contributed by atoms with Gasteiger partial charge >= 0.3 is 5.97 Å². The summed E-state index contributed by atoms with van der Waals surface area (Å²) < 4.78 is 0. The molecule has 0 aromatic heterocycles. The number of carbonyl (C=O) groups is 2. The number of likely N-dealkylation sites (tertiary alicyclic amines) is 1. The number of hydrogen-bond donors (Lipinski definition) is 2. The topological polar surface area (TPSA) is 83.6 Å². The Bertz CT molecular complexity index is 437. The molecule has 1 amide bonds. The summed E-state index contributed by atoms with van der Waals surface area (Å²) in [6.45, 7) is 2.24. The molecular weight excluding hydrogens is 256 g/mol. The van der Waals surface area contributed by atoms with E-state index in [4.69, 9.17) is 5.73 Å². The first-order chi connectivity index (χ1) is 9.45. The van der Waals surface area contributed by atoms with E-state index in [1.807, 2.05) is 0 Å². The second-order valence-electron chi connectivity index (χ2n) is 6.96. The molecule has 3 rings (SSSR count). The zero-order chi connectivity index (χ0) is 14.5. The van der Waals surface area contributed by atoms with Gasteiger partial charge in [-0.15, -0.1) is 0 Å². The van der Waals surface area contributed by atoms with E-state index in [2.05, 4.69) is 0 Å². The van der Waals surface area contributed by atoms with Crippen LogP contribution < -0.4 is 5.73 Å². The standard InChI is InChI=1S/C15H24N2O3/c1-15(14(19)20)6-2-3-7-17(15)13(18)11-9-4-5-10(8-9)12(11)16/h9-12H,2-8,16H2,1H3,(H,19,20). The van der Waals surface area contributed by atoms with Crippen LogP contribution in [-0.2, 0) is 9.59 Å². The summed E-state index contributed by atoms with van der Waals surface area (Å²) in [6.07, 6.45) is 5.57. The van der Waals surface area contributed by atoms with Crippen LogP contribution in [0.3, 0.4) is 0 Å². The molecule has 5 heteroatoms. The number of carbonyl (C=O) groups excluding carboxylic acids is 1.